The number of nitrogens with one attached hydrogen (secondary N) is 1. The van der Waals surface area contributed by atoms with Crippen LogP contribution >= 0.6 is 0 Å². The third-order valence-electron chi connectivity index (χ3n) is 5.52. The van der Waals surface area contributed by atoms with Gasteiger partial charge >= 0.3 is 5.97 Å². The van der Waals surface area contributed by atoms with Gasteiger partial charge in [-0.25, -0.2) is 0 Å². The lowest BCUT2D eigenvalue weighted by molar-refractivity contribution is -0.148. The van der Waals surface area contributed by atoms with E-state index in [2.05, 4.69) is 45.8 Å². The highest BCUT2D eigenvalue weighted by Gasteiger charge is 2.50. The number of rotatable bonds is 9. The lowest BCUT2D eigenvalue weighted by Gasteiger charge is -2.46. The van der Waals surface area contributed by atoms with Gasteiger partial charge < -0.3 is 14.5 Å². The summed E-state index contributed by atoms with van der Waals surface area (Å²) in [6, 6.07) is -0.318. The molecule has 0 aromatic carbocycles. The summed E-state index contributed by atoms with van der Waals surface area (Å²) < 4.78 is 11.2. The maximum absolute atomic E-state index is 12.4. The molecule has 1 amide bonds. The summed E-state index contributed by atoms with van der Waals surface area (Å²) in [5, 5.41) is 2.84. The van der Waals surface area contributed by atoms with Crippen LogP contribution in [0.3, 0.4) is 0 Å². The lowest BCUT2D eigenvalue weighted by atomic mass is 9.77. The molecule has 6 nitrogen and oxygen atoms in total. The van der Waals surface area contributed by atoms with Gasteiger partial charge in [0, 0.05) is 5.92 Å². The van der Waals surface area contributed by atoms with Crippen LogP contribution in [0.4, 0.5) is 0 Å². The van der Waals surface area contributed by atoms with Crippen LogP contribution in [0.2, 0.25) is 18.1 Å². The molecule has 0 bridgehead atoms. The van der Waals surface area contributed by atoms with Crippen molar-refractivity contribution in [1.82, 2.24) is 5.32 Å². The molecule has 1 N–H and O–H groups in total. The number of β-lactam (4-membered cyclic amide) rings is 1. The van der Waals surface area contributed by atoms with Gasteiger partial charge in [-0.3, -0.25) is 14.4 Å². The van der Waals surface area contributed by atoms with Gasteiger partial charge in [-0.05, 0) is 25.1 Å². The van der Waals surface area contributed by atoms with Gasteiger partial charge in [0.25, 0.3) is 0 Å². The molecule has 0 saturated carbocycles. The van der Waals surface area contributed by atoms with Crippen molar-refractivity contribution in [3.63, 3.8) is 0 Å². The van der Waals surface area contributed by atoms with Crippen LogP contribution < -0.4 is 5.32 Å². The van der Waals surface area contributed by atoms with Gasteiger partial charge in [-0.1, -0.05) is 40.3 Å². The fourth-order valence-corrected chi connectivity index (χ4v) is 4.21. The molecule has 26 heavy (non-hydrogen) atoms. The Morgan fingerprint density at radius 2 is 1.88 bits per heavy atom. The average molecular weight is 384 g/mol. The highest BCUT2D eigenvalue weighted by Crippen LogP contribution is 2.39. The minimum atomic E-state index is -2.02. The van der Waals surface area contributed by atoms with Crippen LogP contribution in [0, 0.1) is 11.8 Å². The molecule has 0 aliphatic carbocycles. The van der Waals surface area contributed by atoms with E-state index in [1.165, 1.54) is 6.08 Å². The molecule has 0 aromatic rings. The lowest BCUT2D eigenvalue weighted by Crippen LogP contribution is -2.66. The monoisotopic (exact) mass is 383 g/mol. The number of ketones is 1. The number of carbonyl (C=O) groups is 3. The number of ether oxygens (including phenoxy) is 1. The molecular weight excluding hydrogens is 350 g/mol. The van der Waals surface area contributed by atoms with Crippen LogP contribution in [-0.4, -0.2) is 44.7 Å². The van der Waals surface area contributed by atoms with Crippen LogP contribution in [-0.2, 0) is 23.5 Å². The van der Waals surface area contributed by atoms with Gasteiger partial charge in [-0.15, -0.1) is 0 Å². The fourth-order valence-electron chi connectivity index (χ4n) is 2.78. The van der Waals surface area contributed by atoms with Crippen molar-refractivity contribution in [1.29, 1.82) is 0 Å². The van der Waals surface area contributed by atoms with Crippen LogP contribution in [0.1, 0.15) is 41.0 Å². The van der Waals surface area contributed by atoms with E-state index in [1.54, 1.807) is 6.92 Å². The van der Waals surface area contributed by atoms with E-state index in [0.717, 1.165) is 0 Å². The SMILES string of the molecule is C=CCOC(=O)CC(=O)[C@H](C)[C@H]1NC(=O)[C@@H]1[C@@H](C)O[Si](C)(C)C(C)(C)C. The predicted octanol–water partition coefficient (Wildman–Crippen LogP) is 2.84. The van der Waals surface area contributed by atoms with Crippen LogP contribution in [0.5, 0.6) is 0 Å². The number of Topliss-reactive ketones (excluding diaryl/α,β-unsaturated/α-hetero) is 1. The summed E-state index contributed by atoms with van der Waals surface area (Å²) in [6.45, 7) is 17.9. The van der Waals surface area contributed by atoms with Crippen molar-refractivity contribution in [2.45, 2.75) is 71.3 Å². The van der Waals surface area contributed by atoms with Gasteiger partial charge in [0.2, 0.25) is 5.91 Å². The van der Waals surface area contributed by atoms with E-state index in [-0.39, 0.29) is 47.8 Å². The number of carbonyl (C=O) groups excluding carboxylic acids is 3. The largest absolute Gasteiger partial charge is 0.461 e. The molecule has 1 heterocycles. The predicted molar refractivity (Wildman–Crippen MR) is 103 cm³/mol. The van der Waals surface area contributed by atoms with E-state index < -0.39 is 20.2 Å². The first-order valence-corrected chi connectivity index (χ1v) is 12.0. The summed E-state index contributed by atoms with van der Waals surface area (Å²) in [7, 11) is -2.02. The summed E-state index contributed by atoms with van der Waals surface area (Å²) in [4.78, 5) is 36.1. The quantitative estimate of drug-likeness (QED) is 0.218. The molecule has 148 valence electrons. The van der Waals surface area contributed by atoms with Crippen LogP contribution in [0.15, 0.2) is 12.7 Å². The second-order valence-electron chi connectivity index (χ2n) is 8.55. The molecule has 4 atom stereocenters. The Morgan fingerprint density at radius 1 is 1.31 bits per heavy atom. The topological polar surface area (TPSA) is 81.7 Å². The van der Waals surface area contributed by atoms with Crippen molar-refractivity contribution in [3.8, 4) is 0 Å². The number of hydrogen-bond donors (Lipinski definition) is 1. The van der Waals surface area contributed by atoms with Crippen LogP contribution in [0.25, 0.3) is 0 Å². The Labute approximate surface area is 157 Å². The summed E-state index contributed by atoms with van der Waals surface area (Å²) >= 11 is 0. The number of hydrogen-bond acceptors (Lipinski definition) is 5. The van der Waals surface area contributed by atoms with E-state index in [0.29, 0.717) is 0 Å². The van der Waals surface area contributed by atoms with Crippen molar-refractivity contribution < 1.29 is 23.5 Å². The third kappa shape index (κ3) is 5.27. The van der Waals surface area contributed by atoms with Gasteiger partial charge in [0.05, 0.1) is 18.1 Å². The second kappa shape index (κ2) is 8.48. The van der Waals surface area contributed by atoms with E-state index in [1.807, 2.05) is 6.92 Å². The van der Waals surface area contributed by atoms with E-state index in [4.69, 9.17) is 9.16 Å². The first-order chi connectivity index (χ1) is 11.8. The summed E-state index contributed by atoms with van der Waals surface area (Å²) in [5.41, 5.74) is 0. The Balaban J connectivity index is 2.73. The maximum Gasteiger partial charge on any atom is 0.313 e. The molecule has 0 unspecified atom stereocenters. The van der Waals surface area contributed by atoms with Gasteiger partial charge in [-0.2, -0.15) is 0 Å². The number of amides is 1. The van der Waals surface area contributed by atoms with Crippen molar-refractivity contribution in [3.05, 3.63) is 12.7 Å². The second-order valence-corrected chi connectivity index (χ2v) is 13.3. The zero-order chi connectivity index (χ0) is 20.3. The molecule has 1 saturated heterocycles. The minimum absolute atomic E-state index is 0.0350. The van der Waals surface area contributed by atoms with Crippen molar-refractivity contribution in [2.75, 3.05) is 6.61 Å². The highest BCUT2D eigenvalue weighted by molar-refractivity contribution is 6.74. The zero-order valence-electron chi connectivity index (χ0n) is 17.0. The molecule has 1 aliphatic rings. The minimum Gasteiger partial charge on any atom is -0.461 e. The Kier molecular flexibility index (Phi) is 7.36. The van der Waals surface area contributed by atoms with Gasteiger partial charge in [0.15, 0.2) is 8.32 Å². The first kappa shape index (κ1) is 22.6. The van der Waals surface area contributed by atoms with E-state index >= 15 is 0 Å². The third-order valence-corrected chi connectivity index (χ3v) is 10.1. The normalized spacial score (nSPS) is 22.7. The standard InChI is InChI=1S/C19H33NO5Si/c1-9-10-24-15(22)11-14(21)12(2)17-16(18(23)20-17)13(3)25-26(7,8)19(4,5)6/h9,12-13,16-17H,1,10-11H2,2-8H3,(H,20,23)/t12-,13+,16+,17+/m0/s1. The molecule has 1 fully saturated rings. The smallest absolute Gasteiger partial charge is 0.313 e. The highest BCUT2D eigenvalue weighted by atomic mass is 28.4. The molecule has 1 rings (SSSR count). The van der Waals surface area contributed by atoms with E-state index in [9.17, 15) is 14.4 Å². The van der Waals surface area contributed by atoms with Crippen molar-refractivity contribution >= 4 is 26.0 Å². The Bertz CT molecular complexity index is 567. The van der Waals surface area contributed by atoms with Crippen molar-refractivity contribution in [2.24, 2.45) is 11.8 Å². The maximum atomic E-state index is 12.4. The summed E-state index contributed by atoms with van der Waals surface area (Å²) in [5.74, 6) is -1.77. The first-order valence-electron chi connectivity index (χ1n) is 9.09. The molecule has 0 aromatic heterocycles. The molecule has 7 heteroatoms. The average Bonchev–Trinajstić information content (AvgIpc) is 2.47. The fraction of sp³-hybridized carbons (Fsp3) is 0.737. The molecule has 1 aliphatic heterocycles. The molecular formula is C19H33NO5Si. The zero-order valence-corrected chi connectivity index (χ0v) is 18.0. The molecule has 0 spiro atoms. The Morgan fingerprint density at radius 3 is 2.35 bits per heavy atom. The number of esters is 1. The van der Waals surface area contributed by atoms with Gasteiger partial charge in [0.1, 0.15) is 18.8 Å². The molecule has 0 radical (unpaired) electrons. The Hall–Kier alpha value is -1.47. The summed E-state index contributed by atoms with van der Waals surface area (Å²) in [6.07, 6.45) is 0.872.